The lowest BCUT2D eigenvalue weighted by atomic mass is 10.1. The van der Waals surface area contributed by atoms with Gasteiger partial charge < -0.3 is 5.32 Å². The van der Waals surface area contributed by atoms with Gasteiger partial charge in [-0.2, -0.15) is 0 Å². The Hall–Kier alpha value is -0.450. The second-order valence-corrected chi connectivity index (χ2v) is 7.56. The molecule has 1 aromatic rings. The maximum atomic E-state index is 4.78. The van der Waals surface area contributed by atoms with Gasteiger partial charge in [0.25, 0.3) is 0 Å². The summed E-state index contributed by atoms with van der Waals surface area (Å²) in [6.07, 6.45) is 1.11. The first-order chi connectivity index (χ1) is 8.35. The molecule has 0 spiro atoms. The van der Waals surface area contributed by atoms with Crippen LogP contribution in [-0.4, -0.2) is 28.0 Å². The Kier molecular flexibility index (Phi) is 4.09. The van der Waals surface area contributed by atoms with Gasteiger partial charge in [-0.15, -0.1) is 11.3 Å². The van der Waals surface area contributed by atoms with Crippen LogP contribution in [0, 0.1) is 0 Å². The van der Waals surface area contributed by atoms with E-state index in [4.69, 9.17) is 4.98 Å². The van der Waals surface area contributed by atoms with Crippen molar-refractivity contribution in [2.45, 2.75) is 65.7 Å². The fourth-order valence-electron chi connectivity index (χ4n) is 2.13. The van der Waals surface area contributed by atoms with Crippen molar-refractivity contribution in [3.8, 4) is 0 Å². The highest BCUT2D eigenvalue weighted by Gasteiger charge is 2.22. The topological polar surface area (TPSA) is 28.2 Å². The van der Waals surface area contributed by atoms with Gasteiger partial charge in [-0.05, 0) is 34.6 Å². The molecule has 0 saturated heterocycles. The lowest BCUT2D eigenvalue weighted by Gasteiger charge is -2.29. The highest BCUT2D eigenvalue weighted by molar-refractivity contribution is 7.11. The van der Waals surface area contributed by atoms with Gasteiger partial charge in [0.15, 0.2) is 0 Å². The standard InChI is InChI=1S/C14H25N3S/c1-10(2)17-7-6-11-12(9-17)18-13(16-11)8-15-14(3,4)5/h10,15H,6-9H2,1-5H3. The highest BCUT2D eigenvalue weighted by Crippen LogP contribution is 2.26. The second-order valence-electron chi connectivity index (χ2n) is 6.40. The normalized spacial score (nSPS) is 17.2. The Balaban J connectivity index is 2.01. The Labute approximate surface area is 115 Å². The first kappa shape index (κ1) is 14.0. The van der Waals surface area contributed by atoms with Gasteiger partial charge in [0.2, 0.25) is 0 Å². The minimum absolute atomic E-state index is 0.163. The SMILES string of the molecule is CC(C)N1CCc2nc(CNC(C)(C)C)sc2C1. The fourth-order valence-corrected chi connectivity index (χ4v) is 3.21. The third kappa shape index (κ3) is 3.53. The maximum absolute atomic E-state index is 4.78. The van der Waals surface area contributed by atoms with E-state index in [9.17, 15) is 0 Å². The summed E-state index contributed by atoms with van der Waals surface area (Å²) in [5.74, 6) is 0. The molecule has 18 heavy (non-hydrogen) atoms. The molecule has 1 aromatic heterocycles. The zero-order valence-corrected chi connectivity index (χ0v) is 13.0. The molecule has 1 aliphatic heterocycles. The fraction of sp³-hybridized carbons (Fsp3) is 0.786. The third-order valence-electron chi connectivity index (χ3n) is 3.31. The molecule has 1 N–H and O–H groups in total. The molecule has 2 rings (SSSR count). The largest absolute Gasteiger partial charge is 0.306 e. The molecule has 0 saturated carbocycles. The molecule has 2 heterocycles. The second kappa shape index (κ2) is 5.27. The van der Waals surface area contributed by atoms with Gasteiger partial charge in [0.05, 0.1) is 5.69 Å². The number of fused-ring (bicyclic) bond motifs is 1. The van der Waals surface area contributed by atoms with Crippen LogP contribution in [0.4, 0.5) is 0 Å². The minimum Gasteiger partial charge on any atom is -0.306 e. The van der Waals surface area contributed by atoms with E-state index in [0.717, 1.165) is 26.1 Å². The number of nitrogens with zero attached hydrogens (tertiary/aromatic N) is 2. The predicted octanol–water partition coefficient (Wildman–Crippen LogP) is 2.80. The number of nitrogens with one attached hydrogen (secondary N) is 1. The number of rotatable bonds is 3. The van der Waals surface area contributed by atoms with Crippen LogP contribution < -0.4 is 5.32 Å². The Bertz CT molecular complexity index is 404. The van der Waals surface area contributed by atoms with E-state index < -0.39 is 0 Å². The van der Waals surface area contributed by atoms with Gasteiger partial charge in [-0.1, -0.05) is 0 Å². The van der Waals surface area contributed by atoms with Gasteiger partial charge in [-0.3, -0.25) is 4.90 Å². The van der Waals surface area contributed by atoms with Crippen LogP contribution in [0.3, 0.4) is 0 Å². The van der Waals surface area contributed by atoms with Crippen molar-refractivity contribution in [2.24, 2.45) is 0 Å². The van der Waals surface area contributed by atoms with Crippen molar-refractivity contribution in [3.05, 3.63) is 15.6 Å². The predicted molar refractivity (Wildman–Crippen MR) is 78.0 cm³/mol. The van der Waals surface area contributed by atoms with E-state index in [-0.39, 0.29) is 5.54 Å². The van der Waals surface area contributed by atoms with Crippen molar-refractivity contribution in [1.29, 1.82) is 0 Å². The highest BCUT2D eigenvalue weighted by atomic mass is 32.1. The summed E-state index contributed by atoms with van der Waals surface area (Å²) in [7, 11) is 0. The molecule has 102 valence electrons. The van der Waals surface area contributed by atoms with E-state index in [1.807, 2.05) is 11.3 Å². The quantitative estimate of drug-likeness (QED) is 0.913. The zero-order valence-electron chi connectivity index (χ0n) is 12.2. The molecule has 1 aliphatic rings. The molecule has 3 nitrogen and oxygen atoms in total. The summed E-state index contributed by atoms with van der Waals surface area (Å²) in [6, 6.07) is 0.636. The summed E-state index contributed by atoms with van der Waals surface area (Å²) in [6.45, 7) is 14.3. The number of thiazole rings is 1. The molecular weight excluding hydrogens is 242 g/mol. The lowest BCUT2D eigenvalue weighted by molar-refractivity contribution is 0.205. The summed E-state index contributed by atoms with van der Waals surface area (Å²) >= 11 is 1.88. The van der Waals surface area contributed by atoms with Crippen molar-refractivity contribution in [3.63, 3.8) is 0 Å². The van der Waals surface area contributed by atoms with E-state index in [2.05, 4.69) is 44.8 Å². The summed E-state index contributed by atoms with van der Waals surface area (Å²) < 4.78 is 0. The van der Waals surface area contributed by atoms with Gasteiger partial charge in [0, 0.05) is 42.5 Å². The van der Waals surface area contributed by atoms with Gasteiger partial charge in [-0.25, -0.2) is 4.98 Å². The third-order valence-corrected chi connectivity index (χ3v) is 4.39. The van der Waals surface area contributed by atoms with Crippen molar-refractivity contribution in [2.75, 3.05) is 6.54 Å². The van der Waals surface area contributed by atoms with Crippen molar-refractivity contribution >= 4 is 11.3 Å². The zero-order chi connectivity index (χ0) is 13.3. The summed E-state index contributed by atoms with van der Waals surface area (Å²) in [5.41, 5.74) is 1.50. The number of hydrogen-bond acceptors (Lipinski definition) is 4. The molecule has 0 aromatic carbocycles. The molecule has 4 heteroatoms. The molecule has 0 bridgehead atoms. The molecule has 0 aliphatic carbocycles. The van der Waals surface area contributed by atoms with E-state index in [0.29, 0.717) is 6.04 Å². The van der Waals surface area contributed by atoms with Gasteiger partial charge in [0.1, 0.15) is 5.01 Å². The van der Waals surface area contributed by atoms with E-state index >= 15 is 0 Å². The average molecular weight is 267 g/mol. The van der Waals surface area contributed by atoms with Crippen LogP contribution in [0.5, 0.6) is 0 Å². The van der Waals surface area contributed by atoms with Crippen LogP contribution >= 0.6 is 11.3 Å². The lowest BCUT2D eigenvalue weighted by Crippen LogP contribution is -2.35. The molecular formula is C14H25N3S. The molecule has 0 unspecified atom stereocenters. The van der Waals surface area contributed by atoms with Crippen LogP contribution in [0.1, 0.15) is 50.2 Å². The van der Waals surface area contributed by atoms with Crippen LogP contribution in [0.2, 0.25) is 0 Å². The summed E-state index contributed by atoms with van der Waals surface area (Å²) in [4.78, 5) is 8.78. The average Bonchev–Trinajstić information content (AvgIpc) is 2.66. The van der Waals surface area contributed by atoms with Gasteiger partial charge >= 0.3 is 0 Å². The Morgan fingerprint density at radius 1 is 1.39 bits per heavy atom. The minimum atomic E-state index is 0.163. The molecule has 0 amide bonds. The first-order valence-corrected chi connectivity index (χ1v) is 7.63. The molecule has 0 fully saturated rings. The monoisotopic (exact) mass is 267 g/mol. The van der Waals surface area contributed by atoms with Crippen LogP contribution in [0.25, 0.3) is 0 Å². The smallest absolute Gasteiger partial charge is 0.107 e. The maximum Gasteiger partial charge on any atom is 0.107 e. The Morgan fingerprint density at radius 3 is 2.72 bits per heavy atom. The van der Waals surface area contributed by atoms with Crippen molar-refractivity contribution in [1.82, 2.24) is 15.2 Å². The number of aromatic nitrogens is 1. The molecule has 0 atom stereocenters. The first-order valence-electron chi connectivity index (χ1n) is 6.82. The van der Waals surface area contributed by atoms with Crippen LogP contribution in [0.15, 0.2) is 0 Å². The molecule has 0 radical (unpaired) electrons. The van der Waals surface area contributed by atoms with Crippen molar-refractivity contribution < 1.29 is 0 Å². The van der Waals surface area contributed by atoms with E-state index in [1.54, 1.807) is 0 Å². The van der Waals surface area contributed by atoms with E-state index in [1.165, 1.54) is 15.6 Å². The Morgan fingerprint density at radius 2 is 2.11 bits per heavy atom. The summed E-state index contributed by atoms with van der Waals surface area (Å²) in [5, 5.41) is 4.75. The number of hydrogen-bond donors (Lipinski definition) is 1. The van der Waals surface area contributed by atoms with Crippen LogP contribution in [-0.2, 0) is 19.5 Å².